The van der Waals surface area contributed by atoms with Gasteiger partial charge in [0.2, 0.25) is 0 Å². The molecule has 0 amide bonds. The van der Waals surface area contributed by atoms with E-state index in [-0.39, 0.29) is 16.5 Å². The Bertz CT molecular complexity index is 771. The normalized spacial score (nSPS) is 11.6. The molecule has 0 spiro atoms. The van der Waals surface area contributed by atoms with Crippen LogP contribution < -0.4 is 0 Å². The molecule has 0 aromatic heterocycles. The molecule has 0 aliphatic carbocycles. The first-order chi connectivity index (χ1) is 16.9. The summed E-state index contributed by atoms with van der Waals surface area (Å²) in [5.41, 5.74) is 3.06. The third kappa shape index (κ3) is 17.4. The average molecular weight is 519 g/mol. The number of rotatable bonds is 20. The fraction of sp³-hybridized carbons (Fsp3) is 0.562. The van der Waals surface area contributed by atoms with Crippen molar-refractivity contribution in [2.24, 2.45) is 9.98 Å². The fourth-order valence-electron chi connectivity index (χ4n) is 4.33. The SMILES string of the molecule is CCCCCCCCCCCCCCCCCCC(C=Nc1ccccc1)=Nc1ccccc1.[Ni]. The minimum Gasteiger partial charge on any atom is -0.255 e. The van der Waals surface area contributed by atoms with E-state index in [4.69, 9.17) is 4.99 Å². The van der Waals surface area contributed by atoms with E-state index in [2.05, 4.69) is 24.0 Å². The Kier molecular flexibility index (Phi) is 20.3. The monoisotopic (exact) mass is 518 g/mol. The van der Waals surface area contributed by atoms with Crippen molar-refractivity contribution >= 4 is 23.3 Å². The van der Waals surface area contributed by atoms with Gasteiger partial charge in [-0.2, -0.15) is 0 Å². The molecule has 0 atom stereocenters. The van der Waals surface area contributed by atoms with Crippen molar-refractivity contribution < 1.29 is 16.5 Å². The zero-order valence-corrected chi connectivity index (χ0v) is 23.1. The standard InChI is InChI=1S/C32H48N2.Ni/c1-2-3-4-5-6-7-8-9-10-11-12-13-14-15-16-19-28-32(34-31-26-22-18-23-27-31)29-33-30-24-20-17-21-25-30;/h17-18,20-27,29H,2-16,19,28H2,1H3;. The predicted molar refractivity (Wildman–Crippen MR) is 152 cm³/mol. The van der Waals surface area contributed by atoms with E-state index >= 15 is 0 Å². The molecule has 2 aromatic carbocycles. The summed E-state index contributed by atoms with van der Waals surface area (Å²) < 4.78 is 0. The summed E-state index contributed by atoms with van der Waals surface area (Å²) in [6.45, 7) is 2.29. The number of hydrogen-bond donors (Lipinski definition) is 0. The first-order valence-corrected chi connectivity index (χ1v) is 14.1. The zero-order chi connectivity index (χ0) is 23.9. The first kappa shape index (κ1) is 31.3. The summed E-state index contributed by atoms with van der Waals surface area (Å²) in [5, 5.41) is 0. The number of para-hydroxylation sites is 2. The molecule has 0 heterocycles. The first-order valence-electron chi connectivity index (χ1n) is 14.1. The maximum atomic E-state index is 4.85. The summed E-state index contributed by atoms with van der Waals surface area (Å²) >= 11 is 0. The molecule has 0 saturated heterocycles. The number of benzene rings is 2. The Morgan fingerprint density at radius 2 is 0.943 bits per heavy atom. The summed E-state index contributed by atoms with van der Waals surface area (Å²) in [6, 6.07) is 20.4. The van der Waals surface area contributed by atoms with E-state index in [0.717, 1.165) is 23.5 Å². The number of unbranched alkanes of at least 4 members (excludes halogenated alkanes) is 15. The topological polar surface area (TPSA) is 24.7 Å². The Hall–Kier alpha value is -1.73. The van der Waals surface area contributed by atoms with E-state index in [1.165, 1.54) is 103 Å². The third-order valence-corrected chi connectivity index (χ3v) is 6.43. The number of hydrogen-bond acceptors (Lipinski definition) is 2. The third-order valence-electron chi connectivity index (χ3n) is 6.43. The molecule has 0 fully saturated rings. The molecule has 2 rings (SSSR count). The second-order valence-corrected chi connectivity index (χ2v) is 9.59. The summed E-state index contributed by atoms with van der Waals surface area (Å²) in [7, 11) is 0. The van der Waals surface area contributed by atoms with E-state index < -0.39 is 0 Å². The molecule has 0 unspecified atom stereocenters. The average Bonchev–Trinajstić information content (AvgIpc) is 2.88. The molecule has 2 aromatic rings. The van der Waals surface area contributed by atoms with Gasteiger partial charge in [0, 0.05) is 22.7 Å². The fourth-order valence-corrected chi connectivity index (χ4v) is 4.33. The van der Waals surface area contributed by atoms with Crippen LogP contribution in [0.25, 0.3) is 0 Å². The van der Waals surface area contributed by atoms with Gasteiger partial charge in [-0.05, 0) is 37.1 Å². The Balaban J connectivity index is 0.00000612. The van der Waals surface area contributed by atoms with Crippen LogP contribution in [-0.2, 0) is 16.5 Å². The second kappa shape index (κ2) is 22.7. The van der Waals surface area contributed by atoms with Crippen LogP contribution in [0.5, 0.6) is 0 Å². The number of aliphatic imine (C=N–C) groups is 2. The molecule has 0 saturated carbocycles. The van der Waals surface area contributed by atoms with E-state index in [0.29, 0.717) is 0 Å². The molecule has 2 nitrogen and oxygen atoms in total. The van der Waals surface area contributed by atoms with Gasteiger partial charge in [-0.15, -0.1) is 0 Å². The van der Waals surface area contributed by atoms with Gasteiger partial charge in [-0.25, -0.2) is 0 Å². The molecule has 0 aliphatic heterocycles. The van der Waals surface area contributed by atoms with Gasteiger partial charge in [0.1, 0.15) is 0 Å². The van der Waals surface area contributed by atoms with Crippen LogP contribution in [0, 0.1) is 0 Å². The van der Waals surface area contributed by atoms with Crippen LogP contribution in [0.1, 0.15) is 116 Å². The van der Waals surface area contributed by atoms with E-state index in [9.17, 15) is 0 Å². The summed E-state index contributed by atoms with van der Waals surface area (Å²) in [4.78, 5) is 9.49. The maximum Gasteiger partial charge on any atom is 0.0633 e. The quantitative estimate of drug-likeness (QED) is 0.0944. The van der Waals surface area contributed by atoms with Crippen molar-refractivity contribution in [1.29, 1.82) is 0 Å². The van der Waals surface area contributed by atoms with E-state index in [1.807, 2.05) is 54.7 Å². The van der Waals surface area contributed by atoms with Crippen molar-refractivity contribution in [3.8, 4) is 0 Å². The van der Waals surface area contributed by atoms with Crippen molar-refractivity contribution in [3.63, 3.8) is 0 Å². The van der Waals surface area contributed by atoms with Crippen LogP contribution in [0.4, 0.5) is 11.4 Å². The van der Waals surface area contributed by atoms with Crippen LogP contribution in [0.15, 0.2) is 70.6 Å². The van der Waals surface area contributed by atoms with Crippen molar-refractivity contribution in [2.75, 3.05) is 0 Å². The maximum absolute atomic E-state index is 4.85. The Morgan fingerprint density at radius 3 is 1.40 bits per heavy atom. The van der Waals surface area contributed by atoms with Gasteiger partial charge >= 0.3 is 0 Å². The molecule has 0 radical (unpaired) electrons. The van der Waals surface area contributed by atoms with E-state index in [1.54, 1.807) is 0 Å². The molecule has 0 bridgehead atoms. The van der Waals surface area contributed by atoms with Gasteiger partial charge in [0.25, 0.3) is 0 Å². The minimum atomic E-state index is 0. The van der Waals surface area contributed by atoms with Gasteiger partial charge < -0.3 is 0 Å². The van der Waals surface area contributed by atoms with Crippen molar-refractivity contribution in [3.05, 3.63) is 60.7 Å². The summed E-state index contributed by atoms with van der Waals surface area (Å²) in [5.74, 6) is 0. The second-order valence-electron chi connectivity index (χ2n) is 9.59. The van der Waals surface area contributed by atoms with Gasteiger partial charge in [0.05, 0.1) is 17.1 Å². The van der Waals surface area contributed by atoms with Gasteiger partial charge in [-0.1, -0.05) is 140 Å². The Morgan fingerprint density at radius 1 is 0.543 bits per heavy atom. The van der Waals surface area contributed by atoms with Crippen LogP contribution in [-0.4, -0.2) is 11.9 Å². The molecule has 3 heteroatoms. The van der Waals surface area contributed by atoms with Crippen LogP contribution in [0.3, 0.4) is 0 Å². The summed E-state index contributed by atoms with van der Waals surface area (Å²) in [6.07, 6.45) is 25.3. The smallest absolute Gasteiger partial charge is 0.0633 e. The molecule has 0 N–H and O–H groups in total. The largest absolute Gasteiger partial charge is 0.255 e. The molecular formula is C32H48N2Ni. The Labute approximate surface area is 226 Å². The molecular weight excluding hydrogens is 471 g/mol. The molecule has 0 aliphatic rings. The predicted octanol–water partition coefficient (Wildman–Crippen LogP) is 10.8. The van der Waals surface area contributed by atoms with Crippen molar-refractivity contribution in [1.82, 2.24) is 0 Å². The minimum absolute atomic E-state index is 0. The van der Waals surface area contributed by atoms with Gasteiger partial charge in [-0.3, -0.25) is 9.98 Å². The zero-order valence-electron chi connectivity index (χ0n) is 22.1. The van der Waals surface area contributed by atoms with Gasteiger partial charge in [0.15, 0.2) is 0 Å². The molecule has 196 valence electrons. The van der Waals surface area contributed by atoms with Crippen molar-refractivity contribution in [2.45, 2.75) is 116 Å². The number of nitrogens with zero attached hydrogens (tertiary/aromatic N) is 2. The molecule has 35 heavy (non-hydrogen) atoms. The van der Waals surface area contributed by atoms with Crippen LogP contribution >= 0.6 is 0 Å². The van der Waals surface area contributed by atoms with Crippen LogP contribution in [0.2, 0.25) is 0 Å².